The third-order valence-corrected chi connectivity index (χ3v) is 2.65. The Kier molecular flexibility index (Phi) is 3.34. The molecule has 3 nitrogen and oxygen atoms in total. The Morgan fingerprint density at radius 3 is 3.12 bits per heavy atom. The van der Waals surface area contributed by atoms with Crippen LogP contribution in [0.2, 0.25) is 0 Å². The van der Waals surface area contributed by atoms with Gasteiger partial charge in [0, 0.05) is 6.20 Å². The van der Waals surface area contributed by atoms with E-state index in [1.54, 1.807) is 18.3 Å². The molecule has 0 fully saturated rings. The van der Waals surface area contributed by atoms with Crippen molar-refractivity contribution in [2.45, 2.75) is 26.2 Å². The Labute approximate surface area is 95.2 Å². The molecule has 1 aromatic heterocycles. The van der Waals surface area contributed by atoms with Crippen molar-refractivity contribution in [3.63, 3.8) is 0 Å². The summed E-state index contributed by atoms with van der Waals surface area (Å²) >= 11 is 0. The van der Waals surface area contributed by atoms with Crippen LogP contribution in [-0.2, 0) is 4.74 Å². The number of pyridine rings is 1. The van der Waals surface area contributed by atoms with Crippen LogP contribution in [0.1, 0.15) is 42.2 Å². The molecule has 1 heterocycles. The largest absolute Gasteiger partial charge is 0.462 e. The SMILES string of the molecule is CCOC(=O)c1cccnc1C1=CCCC1. The van der Waals surface area contributed by atoms with Gasteiger partial charge in [0.1, 0.15) is 0 Å². The number of hydrogen-bond donors (Lipinski definition) is 0. The van der Waals surface area contributed by atoms with Gasteiger partial charge in [0.05, 0.1) is 17.9 Å². The molecule has 0 aromatic carbocycles. The van der Waals surface area contributed by atoms with E-state index in [0.29, 0.717) is 12.2 Å². The Hall–Kier alpha value is -1.64. The summed E-state index contributed by atoms with van der Waals surface area (Å²) in [5, 5.41) is 0. The van der Waals surface area contributed by atoms with Crippen LogP contribution in [0.4, 0.5) is 0 Å². The maximum absolute atomic E-state index is 11.7. The lowest BCUT2D eigenvalue weighted by Crippen LogP contribution is -2.08. The second-order valence-electron chi connectivity index (χ2n) is 3.74. The third kappa shape index (κ3) is 2.13. The molecule has 0 spiro atoms. The number of allylic oxidation sites excluding steroid dienone is 2. The summed E-state index contributed by atoms with van der Waals surface area (Å²) in [6.07, 6.45) is 7.11. The molecule has 2 rings (SSSR count). The average Bonchev–Trinajstić information content (AvgIpc) is 2.83. The molecule has 0 atom stereocenters. The second-order valence-corrected chi connectivity index (χ2v) is 3.74. The average molecular weight is 217 g/mol. The number of aromatic nitrogens is 1. The van der Waals surface area contributed by atoms with Crippen molar-refractivity contribution >= 4 is 11.5 Å². The fourth-order valence-electron chi connectivity index (χ4n) is 1.92. The first-order valence-corrected chi connectivity index (χ1v) is 5.64. The van der Waals surface area contributed by atoms with Crippen LogP contribution in [-0.4, -0.2) is 17.6 Å². The van der Waals surface area contributed by atoms with Gasteiger partial charge in [-0.25, -0.2) is 4.79 Å². The summed E-state index contributed by atoms with van der Waals surface area (Å²) in [7, 11) is 0. The Balaban J connectivity index is 2.33. The lowest BCUT2D eigenvalue weighted by atomic mass is 10.1. The minimum atomic E-state index is -0.279. The van der Waals surface area contributed by atoms with E-state index in [9.17, 15) is 4.79 Å². The molecule has 0 radical (unpaired) electrons. The van der Waals surface area contributed by atoms with Crippen molar-refractivity contribution in [3.05, 3.63) is 35.7 Å². The number of carbonyl (C=O) groups excluding carboxylic acids is 1. The van der Waals surface area contributed by atoms with Crippen molar-refractivity contribution in [1.82, 2.24) is 4.98 Å². The highest BCUT2D eigenvalue weighted by atomic mass is 16.5. The minimum Gasteiger partial charge on any atom is -0.462 e. The number of nitrogens with zero attached hydrogens (tertiary/aromatic N) is 1. The molecule has 0 N–H and O–H groups in total. The van der Waals surface area contributed by atoms with Gasteiger partial charge in [-0.05, 0) is 43.9 Å². The number of rotatable bonds is 3. The van der Waals surface area contributed by atoms with Crippen LogP contribution >= 0.6 is 0 Å². The fraction of sp³-hybridized carbons (Fsp3) is 0.385. The van der Waals surface area contributed by atoms with E-state index < -0.39 is 0 Å². The van der Waals surface area contributed by atoms with Crippen molar-refractivity contribution in [1.29, 1.82) is 0 Å². The summed E-state index contributed by atoms with van der Waals surface area (Å²) < 4.78 is 5.02. The summed E-state index contributed by atoms with van der Waals surface area (Å²) in [5.41, 5.74) is 2.54. The Morgan fingerprint density at radius 1 is 1.56 bits per heavy atom. The summed E-state index contributed by atoms with van der Waals surface area (Å²) in [6, 6.07) is 3.55. The van der Waals surface area contributed by atoms with Crippen molar-refractivity contribution in [2.75, 3.05) is 6.61 Å². The van der Waals surface area contributed by atoms with E-state index >= 15 is 0 Å². The van der Waals surface area contributed by atoms with Gasteiger partial charge in [-0.1, -0.05) is 6.08 Å². The van der Waals surface area contributed by atoms with Crippen LogP contribution in [0.25, 0.3) is 5.57 Å². The predicted molar refractivity (Wildman–Crippen MR) is 62.0 cm³/mol. The van der Waals surface area contributed by atoms with Gasteiger partial charge in [-0.15, -0.1) is 0 Å². The molecular formula is C13H15NO2. The first kappa shape index (κ1) is 10.9. The lowest BCUT2D eigenvalue weighted by Gasteiger charge is -2.08. The number of carbonyl (C=O) groups is 1. The van der Waals surface area contributed by atoms with Gasteiger partial charge in [-0.2, -0.15) is 0 Å². The van der Waals surface area contributed by atoms with Crippen LogP contribution in [0.3, 0.4) is 0 Å². The van der Waals surface area contributed by atoms with Gasteiger partial charge < -0.3 is 4.74 Å². The van der Waals surface area contributed by atoms with Crippen LogP contribution in [0.15, 0.2) is 24.4 Å². The topological polar surface area (TPSA) is 39.2 Å². The van der Waals surface area contributed by atoms with Gasteiger partial charge in [0.15, 0.2) is 0 Å². The van der Waals surface area contributed by atoms with E-state index in [1.807, 2.05) is 6.92 Å². The monoisotopic (exact) mass is 217 g/mol. The molecule has 0 saturated carbocycles. The lowest BCUT2D eigenvalue weighted by molar-refractivity contribution is 0.0525. The summed E-state index contributed by atoms with van der Waals surface area (Å²) in [5.74, 6) is -0.279. The maximum atomic E-state index is 11.7. The van der Waals surface area contributed by atoms with Crippen molar-refractivity contribution < 1.29 is 9.53 Å². The van der Waals surface area contributed by atoms with E-state index in [2.05, 4.69) is 11.1 Å². The van der Waals surface area contributed by atoms with Crippen LogP contribution in [0.5, 0.6) is 0 Å². The molecule has 3 heteroatoms. The zero-order valence-electron chi connectivity index (χ0n) is 9.40. The molecule has 1 aliphatic rings. The molecule has 1 aliphatic carbocycles. The molecule has 0 amide bonds. The van der Waals surface area contributed by atoms with E-state index in [0.717, 1.165) is 25.0 Å². The number of esters is 1. The van der Waals surface area contributed by atoms with Gasteiger partial charge in [0.25, 0.3) is 0 Å². The Bertz CT molecular complexity index is 424. The van der Waals surface area contributed by atoms with Gasteiger partial charge in [-0.3, -0.25) is 4.98 Å². The number of ether oxygens (including phenoxy) is 1. The first-order valence-electron chi connectivity index (χ1n) is 5.64. The minimum absolute atomic E-state index is 0.279. The quantitative estimate of drug-likeness (QED) is 0.731. The van der Waals surface area contributed by atoms with Crippen LogP contribution in [0, 0.1) is 0 Å². The molecular weight excluding hydrogens is 202 g/mol. The highest BCUT2D eigenvalue weighted by Crippen LogP contribution is 2.28. The highest BCUT2D eigenvalue weighted by Gasteiger charge is 2.17. The highest BCUT2D eigenvalue weighted by molar-refractivity contribution is 5.94. The summed E-state index contributed by atoms with van der Waals surface area (Å²) in [6.45, 7) is 2.20. The molecule has 0 bridgehead atoms. The zero-order chi connectivity index (χ0) is 11.4. The van der Waals surface area contributed by atoms with E-state index in [4.69, 9.17) is 4.74 Å². The summed E-state index contributed by atoms with van der Waals surface area (Å²) in [4.78, 5) is 16.0. The first-order chi connectivity index (χ1) is 7.83. The molecule has 16 heavy (non-hydrogen) atoms. The van der Waals surface area contributed by atoms with Gasteiger partial charge in [0.2, 0.25) is 0 Å². The zero-order valence-corrected chi connectivity index (χ0v) is 9.40. The van der Waals surface area contributed by atoms with E-state index in [-0.39, 0.29) is 5.97 Å². The fourth-order valence-corrected chi connectivity index (χ4v) is 1.92. The van der Waals surface area contributed by atoms with Crippen LogP contribution < -0.4 is 0 Å². The smallest absolute Gasteiger partial charge is 0.340 e. The molecule has 84 valence electrons. The number of hydrogen-bond acceptors (Lipinski definition) is 3. The standard InChI is InChI=1S/C13H15NO2/c1-2-16-13(15)11-8-5-9-14-12(11)10-6-3-4-7-10/h5-6,8-9H,2-4,7H2,1H3. The molecule has 0 aliphatic heterocycles. The normalized spacial score (nSPS) is 14.7. The Morgan fingerprint density at radius 2 is 2.44 bits per heavy atom. The maximum Gasteiger partial charge on any atom is 0.340 e. The molecule has 0 saturated heterocycles. The van der Waals surface area contributed by atoms with Crippen molar-refractivity contribution in [2.24, 2.45) is 0 Å². The van der Waals surface area contributed by atoms with Gasteiger partial charge >= 0.3 is 5.97 Å². The third-order valence-electron chi connectivity index (χ3n) is 2.65. The molecule has 1 aromatic rings. The molecule has 0 unspecified atom stereocenters. The predicted octanol–water partition coefficient (Wildman–Crippen LogP) is 2.83. The van der Waals surface area contributed by atoms with E-state index in [1.165, 1.54) is 5.57 Å². The second kappa shape index (κ2) is 4.92. The van der Waals surface area contributed by atoms with Crippen molar-refractivity contribution in [3.8, 4) is 0 Å².